The number of nitriles is 1. The molecule has 98 valence electrons. The summed E-state index contributed by atoms with van der Waals surface area (Å²) in [5, 5.41) is 8.78. The van der Waals surface area contributed by atoms with Gasteiger partial charge in [-0.1, -0.05) is 42.5 Å². The summed E-state index contributed by atoms with van der Waals surface area (Å²) in [6.45, 7) is 0.160. The SMILES string of the molecule is N#Cc1cccc(COC(=O)/C=C/c2ccccc2)c1. The van der Waals surface area contributed by atoms with E-state index in [9.17, 15) is 4.79 Å². The summed E-state index contributed by atoms with van der Waals surface area (Å²) >= 11 is 0. The molecule has 0 aliphatic carbocycles. The van der Waals surface area contributed by atoms with E-state index in [1.165, 1.54) is 6.08 Å². The van der Waals surface area contributed by atoms with Gasteiger partial charge in [-0.15, -0.1) is 0 Å². The first kappa shape index (κ1) is 13.6. The van der Waals surface area contributed by atoms with E-state index in [0.717, 1.165) is 11.1 Å². The molecule has 3 heteroatoms. The number of ether oxygens (including phenoxy) is 1. The van der Waals surface area contributed by atoms with E-state index in [1.807, 2.05) is 42.5 Å². The van der Waals surface area contributed by atoms with E-state index in [4.69, 9.17) is 10.00 Å². The molecular formula is C17H13NO2. The molecule has 0 N–H and O–H groups in total. The van der Waals surface area contributed by atoms with Gasteiger partial charge in [0.15, 0.2) is 0 Å². The lowest BCUT2D eigenvalue weighted by atomic mass is 10.1. The van der Waals surface area contributed by atoms with Gasteiger partial charge in [-0.3, -0.25) is 0 Å². The van der Waals surface area contributed by atoms with Gasteiger partial charge in [0, 0.05) is 6.08 Å². The van der Waals surface area contributed by atoms with Crippen molar-refractivity contribution in [2.45, 2.75) is 6.61 Å². The minimum absolute atomic E-state index is 0.160. The number of rotatable bonds is 4. The highest BCUT2D eigenvalue weighted by Crippen LogP contribution is 2.06. The quantitative estimate of drug-likeness (QED) is 0.628. The Bertz CT molecular complexity index is 654. The molecule has 2 aromatic rings. The molecule has 0 spiro atoms. The maximum Gasteiger partial charge on any atom is 0.331 e. The van der Waals surface area contributed by atoms with Gasteiger partial charge in [-0.25, -0.2) is 4.79 Å². The van der Waals surface area contributed by atoms with Crippen LogP contribution in [0.2, 0.25) is 0 Å². The second-order valence-corrected chi connectivity index (χ2v) is 4.16. The van der Waals surface area contributed by atoms with Crippen LogP contribution in [0.1, 0.15) is 16.7 Å². The van der Waals surface area contributed by atoms with Crippen LogP contribution in [0.4, 0.5) is 0 Å². The van der Waals surface area contributed by atoms with E-state index in [0.29, 0.717) is 5.56 Å². The number of hydrogen-bond acceptors (Lipinski definition) is 3. The van der Waals surface area contributed by atoms with E-state index in [1.54, 1.807) is 24.3 Å². The van der Waals surface area contributed by atoms with Crippen molar-refractivity contribution in [2.75, 3.05) is 0 Å². The third-order valence-corrected chi connectivity index (χ3v) is 2.65. The predicted octanol–water partition coefficient (Wildman–Crippen LogP) is 3.31. The first-order valence-electron chi connectivity index (χ1n) is 6.17. The predicted molar refractivity (Wildman–Crippen MR) is 76.4 cm³/mol. The van der Waals surface area contributed by atoms with Crippen molar-refractivity contribution in [2.24, 2.45) is 0 Å². The van der Waals surface area contributed by atoms with Crippen LogP contribution >= 0.6 is 0 Å². The lowest BCUT2D eigenvalue weighted by Crippen LogP contribution is -2.00. The number of nitrogens with zero attached hydrogens (tertiary/aromatic N) is 1. The summed E-state index contributed by atoms with van der Waals surface area (Å²) in [6, 6.07) is 18.6. The van der Waals surface area contributed by atoms with Crippen molar-refractivity contribution < 1.29 is 9.53 Å². The molecule has 3 nitrogen and oxygen atoms in total. The van der Waals surface area contributed by atoms with Gasteiger partial charge in [-0.05, 0) is 29.3 Å². The summed E-state index contributed by atoms with van der Waals surface area (Å²) in [7, 11) is 0. The zero-order chi connectivity index (χ0) is 14.2. The molecule has 0 aromatic heterocycles. The molecule has 2 aromatic carbocycles. The van der Waals surface area contributed by atoms with Gasteiger partial charge in [0.2, 0.25) is 0 Å². The number of carbonyl (C=O) groups excluding carboxylic acids is 1. The Labute approximate surface area is 117 Å². The molecule has 0 unspecified atom stereocenters. The second-order valence-electron chi connectivity index (χ2n) is 4.16. The van der Waals surface area contributed by atoms with Crippen molar-refractivity contribution in [3.8, 4) is 6.07 Å². The van der Waals surface area contributed by atoms with Gasteiger partial charge < -0.3 is 4.74 Å². The van der Waals surface area contributed by atoms with E-state index in [-0.39, 0.29) is 6.61 Å². The Balaban J connectivity index is 1.89. The smallest absolute Gasteiger partial charge is 0.331 e. The third kappa shape index (κ3) is 4.11. The highest BCUT2D eigenvalue weighted by atomic mass is 16.5. The van der Waals surface area contributed by atoms with Crippen LogP contribution in [0.3, 0.4) is 0 Å². The fourth-order valence-electron chi connectivity index (χ4n) is 1.66. The molecule has 0 heterocycles. The van der Waals surface area contributed by atoms with Gasteiger partial charge in [0.1, 0.15) is 6.61 Å². The maximum absolute atomic E-state index is 11.6. The maximum atomic E-state index is 11.6. The number of esters is 1. The number of carbonyl (C=O) groups is 1. The van der Waals surface area contributed by atoms with Crippen molar-refractivity contribution in [1.29, 1.82) is 5.26 Å². The molecule has 0 atom stereocenters. The summed E-state index contributed by atoms with van der Waals surface area (Å²) in [4.78, 5) is 11.6. The lowest BCUT2D eigenvalue weighted by Gasteiger charge is -2.02. The molecule has 0 saturated heterocycles. The van der Waals surface area contributed by atoms with Crippen molar-refractivity contribution in [3.05, 3.63) is 77.4 Å². The lowest BCUT2D eigenvalue weighted by molar-refractivity contribution is -0.138. The number of benzene rings is 2. The summed E-state index contributed by atoms with van der Waals surface area (Å²) < 4.78 is 5.11. The Morgan fingerprint density at radius 2 is 1.95 bits per heavy atom. The van der Waals surface area contributed by atoms with Crippen molar-refractivity contribution in [3.63, 3.8) is 0 Å². The Kier molecular flexibility index (Phi) is 4.69. The average Bonchev–Trinajstić information content (AvgIpc) is 2.52. The van der Waals surface area contributed by atoms with Crippen LogP contribution in [0.25, 0.3) is 6.08 Å². The van der Waals surface area contributed by atoms with Gasteiger partial charge >= 0.3 is 5.97 Å². The van der Waals surface area contributed by atoms with Crippen LogP contribution in [-0.4, -0.2) is 5.97 Å². The topological polar surface area (TPSA) is 50.1 Å². The monoisotopic (exact) mass is 263 g/mol. The average molecular weight is 263 g/mol. The van der Waals surface area contributed by atoms with Crippen LogP contribution in [0.5, 0.6) is 0 Å². The molecule has 0 aliphatic heterocycles. The highest BCUT2D eigenvalue weighted by Gasteiger charge is 2.00. The first-order valence-corrected chi connectivity index (χ1v) is 6.17. The van der Waals surface area contributed by atoms with Crippen LogP contribution in [0, 0.1) is 11.3 Å². The van der Waals surface area contributed by atoms with E-state index >= 15 is 0 Å². The summed E-state index contributed by atoms with van der Waals surface area (Å²) in [5.41, 5.74) is 2.29. The second kappa shape index (κ2) is 6.91. The van der Waals surface area contributed by atoms with Gasteiger partial charge in [0.25, 0.3) is 0 Å². The number of hydrogen-bond donors (Lipinski definition) is 0. The summed E-state index contributed by atoms with van der Waals surface area (Å²) in [6.07, 6.45) is 3.09. The fraction of sp³-hybridized carbons (Fsp3) is 0.0588. The standard InChI is InChI=1S/C17H13NO2/c18-12-15-7-4-8-16(11-15)13-20-17(19)10-9-14-5-2-1-3-6-14/h1-11H,13H2/b10-9+. The largest absolute Gasteiger partial charge is 0.458 e. The minimum Gasteiger partial charge on any atom is -0.458 e. The Hall–Kier alpha value is -2.86. The molecule has 0 aliphatic rings. The zero-order valence-corrected chi connectivity index (χ0v) is 10.8. The Morgan fingerprint density at radius 1 is 1.15 bits per heavy atom. The van der Waals surface area contributed by atoms with Crippen molar-refractivity contribution in [1.82, 2.24) is 0 Å². The molecule has 0 amide bonds. The molecular weight excluding hydrogens is 250 g/mol. The van der Waals surface area contributed by atoms with E-state index in [2.05, 4.69) is 0 Å². The van der Waals surface area contributed by atoms with Crippen LogP contribution in [-0.2, 0) is 16.1 Å². The van der Waals surface area contributed by atoms with Crippen molar-refractivity contribution >= 4 is 12.0 Å². The van der Waals surface area contributed by atoms with Crippen LogP contribution < -0.4 is 0 Å². The third-order valence-electron chi connectivity index (χ3n) is 2.65. The molecule has 0 fully saturated rings. The van der Waals surface area contributed by atoms with Gasteiger partial charge in [-0.2, -0.15) is 5.26 Å². The Morgan fingerprint density at radius 3 is 2.70 bits per heavy atom. The van der Waals surface area contributed by atoms with Crippen LogP contribution in [0.15, 0.2) is 60.7 Å². The molecule has 0 bridgehead atoms. The summed E-state index contributed by atoms with van der Waals surface area (Å²) in [5.74, 6) is -0.406. The van der Waals surface area contributed by atoms with E-state index < -0.39 is 5.97 Å². The zero-order valence-electron chi connectivity index (χ0n) is 10.8. The van der Waals surface area contributed by atoms with Gasteiger partial charge in [0.05, 0.1) is 11.6 Å². The molecule has 0 saturated carbocycles. The fourth-order valence-corrected chi connectivity index (χ4v) is 1.66. The minimum atomic E-state index is -0.406. The highest BCUT2D eigenvalue weighted by molar-refractivity contribution is 5.87. The normalized spacial score (nSPS) is 10.2. The molecule has 2 rings (SSSR count). The first-order chi connectivity index (χ1) is 9.78. The molecule has 0 radical (unpaired) electrons. The molecule has 20 heavy (non-hydrogen) atoms.